The van der Waals surface area contributed by atoms with Crippen LogP contribution in [-0.2, 0) is 6.54 Å². The van der Waals surface area contributed by atoms with Crippen LogP contribution in [0.1, 0.15) is 24.3 Å². The fourth-order valence-electron chi connectivity index (χ4n) is 2.81. The maximum atomic E-state index is 4.20. The molecule has 15 heavy (non-hydrogen) atoms. The highest BCUT2D eigenvalue weighted by Gasteiger charge is 2.37. The van der Waals surface area contributed by atoms with Crippen molar-refractivity contribution in [1.82, 2.24) is 15.1 Å². The number of fused-ring (bicyclic) bond motifs is 2. The quantitative estimate of drug-likeness (QED) is 0.846. The summed E-state index contributed by atoms with van der Waals surface area (Å²) in [5, 5.41) is 13.4. The molecular formula is C10H16N4S. The fourth-order valence-corrected chi connectivity index (χ4v) is 3.53. The van der Waals surface area contributed by atoms with E-state index in [4.69, 9.17) is 0 Å². The van der Waals surface area contributed by atoms with Gasteiger partial charge >= 0.3 is 0 Å². The molecule has 1 aromatic rings. The number of hydrogen-bond acceptors (Lipinski definition) is 5. The van der Waals surface area contributed by atoms with Gasteiger partial charge in [0.2, 0.25) is 5.13 Å². The summed E-state index contributed by atoms with van der Waals surface area (Å²) < 4.78 is 0. The molecule has 1 saturated heterocycles. The van der Waals surface area contributed by atoms with Gasteiger partial charge in [0.05, 0.1) is 6.54 Å². The van der Waals surface area contributed by atoms with E-state index in [1.54, 1.807) is 11.3 Å². The Labute approximate surface area is 93.7 Å². The van der Waals surface area contributed by atoms with Gasteiger partial charge in [-0.05, 0) is 25.2 Å². The average Bonchev–Trinajstić information content (AvgIpc) is 2.92. The van der Waals surface area contributed by atoms with Crippen LogP contribution in [0.25, 0.3) is 0 Å². The van der Waals surface area contributed by atoms with Crippen LogP contribution in [-0.4, -0.2) is 34.7 Å². The molecule has 2 aliphatic rings. The molecule has 2 fully saturated rings. The van der Waals surface area contributed by atoms with E-state index < -0.39 is 0 Å². The Morgan fingerprint density at radius 1 is 1.47 bits per heavy atom. The average molecular weight is 224 g/mol. The van der Waals surface area contributed by atoms with Crippen LogP contribution in [0.2, 0.25) is 0 Å². The molecule has 4 nitrogen and oxygen atoms in total. The van der Waals surface area contributed by atoms with Gasteiger partial charge in [0.1, 0.15) is 5.01 Å². The summed E-state index contributed by atoms with van der Waals surface area (Å²) in [4.78, 5) is 2.58. The first-order valence-corrected chi connectivity index (χ1v) is 6.41. The van der Waals surface area contributed by atoms with Gasteiger partial charge in [0.15, 0.2) is 0 Å². The Bertz CT molecular complexity index is 351. The van der Waals surface area contributed by atoms with Gasteiger partial charge in [-0.2, -0.15) is 0 Å². The largest absolute Gasteiger partial charge is 0.363 e. The highest BCUT2D eigenvalue weighted by molar-refractivity contribution is 7.15. The smallest absolute Gasteiger partial charge is 0.205 e. The number of rotatable bonds is 3. The Kier molecular flexibility index (Phi) is 2.36. The van der Waals surface area contributed by atoms with Gasteiger partial charge in [0.25, 0.3) is 0 Å². The van der Waals surface area contributed by atoms with Crippen LogP contribution in [0.4, 0.5) is 5.13 Å². The second kappa shape index (κ2) is 3.72. The number of nitrogens with one attached hydrogen (secondary N) is 1. The predicted octanol–water partition coefficient (Wildman–Crippen LogP) is 1.56. The maximum Gasteiger partial charge on any atom is 0.205 e. The molecule has 0 aromatic carbocycles. The van der Waals surface area contributed by atoms with Crippen molar-refractivity contribution in [2.75, 3.05) is 18.9 Å². The van der Waals surface area contributed by atoms with E-state index >= 15 is 0 Å². The molecule has 1 aromatic heterocycles. The molecule has 2 heterocycles. The summed E-state index contributed by atoms with van der Waals surface area (Å²) in [6.45, 7) is 2.28. The van der Waals surface area contributed by atoms with Gasteiger partial charge in [-0.3, -0.25) is 4.90 Å². The molecule has 0 radical (unpaired) electrons. The summed E-state index contributed by atoms with van der Waals surface area (Å²) in [5.41, 5.74) is 0. The van der Waals surface area contributed by atoms with Gasteiger partial charge < -0.3 is 5.32 Å². The van der Waals surface area contributed by atoms with Gasteiger partial charge in [-0.25, -0.2) is 0 Å². The number of nitrogens with zero attached hydrogens (tertiary/aromatic N) is 3. The van der Waals surface area contributed by atoms with E-state index in [0.717, 1.165) is 28.6 Å². The van der Waals surface area contributed by atoms with Gasteiger partial charge in [-0.15, -0.1) is 10.2 Å². The molecule has 3 rings (SSSR count). The number of likely N-dealkylation sites (tertiary alicyclic amines) is 1. The molecule has 0 spiro atoms. The van der Waals surface area contributed by atoms with E-state index in [0.29, 0.717) is 0 Å². The number of piperidine rings is 1. The molecule has 0 amide bonds. The third-order valence-electron chi connectivity index (χ3n) is 3.54. The summed E-state index contributed by atoms with van der Waals surface area (Å²) in [7, 11) is 1.89. The normalized spacial score (nSPS) is 29.9. The number of aromatic nitrogens is 2. The van der Waals surface area contributed by atoms with Crippen molar-refractivity contribution >= 4 is 16.5 Å². The van der Waals surface area contributed by atoms with E-state index in [-0.39, 0.29) is 0 Å². The first-order valence-electron chi connectivity index (χ1n) is 5.59. The van der Waals surface area contributed by atoms with Crippen LogP contribution >= 0.6 is 11.3 Å². The topological polar surface area (TPSA) is 41.1 Å². The molecule has 1 saturated carbocycles. The SMILES string of the molecule is CNc1nnc(CN2CC3CCC2C3)s1. The third-order valence-corrected chi connectivity index (χ3v) is 4.47. The summed E-state index contributed by atoms with van der Waals surface area (Å²) in [5.74, 6) is 0.965. The monoisotopic (exact) mass is 224 g/mol. The van der Waals surface area contributed by atoms with Gasteiger partial charge in [-0.1, -0.05) is 11.3 Å². The lowest BCUT2D eigenvalue weighted by atomic mass is 10.1. The van der Waals surface area contributed by atoms with E-state index in [2.05, 4.69) is 20.4 Å². The van der Waals surface area contributed by atoms with E-state index in [1.807, 2.05) is 7.05 Å². The molecule has 82 valence electrons. The lowest BCUT2D eigenvalue weighted by Crippen LogP contribution is -2.31. The summed E-state index contributed by atoms with van der Waals surface area (Å²) in [6.07, 6.45) is 4.25. The molecule has 2 bridgehead atoms. The first kappa shape index (κ1) is 9.54. The molecule has 1 aliphatic carbocycles. The van der Waals surface area contributed by atoms with Gasteiger partial charge in [0, 0.05) is 19.6 Å². The standard InChI is InChI=1S/C10H16N4S/c1-11-10-13-12-9(15-10)6-14-5-7-2-3-8(14)4-7/h7-8H,2-6H2,1H3,(H,11,13). The third kappa shape index (κ3) is 1.74. The summed E-state index contributed by atoms with van der Waals surface area (Å²) >= 11 is 1.67. The Morgan fingerprint density at radius 2 is 2.40 bits per heavy atom. The van der Waals surface area contributed by atoms with Crippen molar-refractivity contribution in [3.63, 3.8) is 0 Å². The van der Waals surface area contributed by atoms with Crippen LogP contribution < -0.4 is 5.32 Å². The number of anilines is 1. The van der Waals surface area contributed by atoms with Crippen LogP contribution in [0, 0.1) is 5.92 Å². The van der Waals surface area contributed by atoms with Crippen molar-refractivity contribution in [3.05, 3.63) is 5.01 Å². The van der Waals surface area contributed by atoms with Crippen molar-refractivity contribution in [2.45, 2.75) is 31.8 Å². The zero-order valence-electron chi connectivity index (χ0n) is 8.94. The predicted molar refractivity (Wildman–Crippen MR) is 61.0 cm³/mol. The Balaban J connectivity index is 1.65. The molecule has 2 unspecified atom stereocenters. The molecular weight excluding hydrogens is 208 g/mol. The van der Waals surface area contributed by atoms with E-state index in [9.17, 15) is 0 Å². The molecule has 1 aliphatic heterocycles. The van der Waals surface area contributed by atoms with Crippen LogP contribution in [0.5, 0.6) is 0 Å². The van der Waals surface area contributed by atoms with Crippen molar-refractivity contribution in [2.24, 2.45) is 5.92 Å². The second-order valence-corrected chi connectivity index (χ2v) is 5.58. The minimum atomic E-state index is 0.830. The highest BCUT2D eigenvalue weighted by Crippen LogP contribution is 2.38. The van der Waals surface area contributed by atoms with Crippen LogP contribution in [0.15, 0.2) is 0 Å². The number of hydrogen-bond donors (Lipinski definition) is 1. The Morgan fingerprint density at radius 3 is 3.00 bits per heavy atom. The van der Waals surface area contributed by atoms with E-state index in [1.165, 1.54) is 25.8 Å². The Hall–Kier alpha value is -0.680. The maximum absolute atomic E-state index is 4.20. The first-order chi connectivity index (χ1) is 7.35. The molecule has 1 N–H and O–H groups in total. The van der Waals surface area contributed by atoms with Crippen molar-refractivity contribution in [1.29, 1.82) is 0 Å². The van der Waals surface area contributed by atoms with Crippen LogP contribution in [0.3, 0.4) is 0 Å². The zero-order chi connectivity index (χ0) is 10.3. The minimum Gasteiger partial charge on any atom is -0.363 e. The minimum absolute atomic E-state index is 0.830. The lowest BCUT2D eigenvalue weighted by molar-refractivity contribution is 0.204. The van der Waals surface area contributed by atoms with Crippen molar-refractivity contribution in [3.8, 4) is 0 Å². The highest BCUT2D eigenvalue weighted by atomic mass is 32.1. The summed E-state index contributed by atoms with van der Waals surface area (Å²) in [6, 6.07) is 0.830. The fraction of sp³-hybridized carbons (Fsp3) is 0.800. The molecule has 5 heteroatoms. The zero-order valence-corrected chi connectivity index (χ0v) is 9.76. The second-order valence-electron chi connectivity index (χ2n) is 4.51. The van der Waals surface area contributed by atoms with Crippen molar-refractivity contribution < 1.29 is 0 Å². The lowest BCUT2D eigenvalue weighted by Gasteiger charge is -2.25. The molecule has 2 atom stereocenters.